The molecule has 0 atom stereocenters. The summed E-state index contributed by atoms with van der Waals surface area (Å²) in [6.07, 6.45) is 0. The molecule has 0 nitrogen and oxygen atoms in total. The molecule has 0 heteroatoms. The maximum atomic E-state index is 2.52. The molecule has 0 amide bonds. The SMILES string of the molecule is CC1(C)c2ccccc2-c2cc3c(cc21)-c1c(ccc2cc4ccccc4cc12)C3(C)C. The summed E-state index contributed by atoms with van der Waals surface area (Å²) in [7, 11) is 0. The molecule has 0 spiro atoms. The van der Waals surface area contributed by atoms with Crippen molar-refractivity contribution in [1.82, 2.24) is 0 Å². The Hall–Kier alpha value is -3.38. The van der Waals surface area contributed by atoms with Crippen LogP contribution in [0.25, 0.3) is 43.8 Å². The van der Waals surface area contributed by atoms with Crippen LogP contribution in [0.15, 0.2) is 84.9 Å². The third-order valence-corrected chi connectivity index (χ3v) is 8.22. The van der Waals surface area contributed by atoms with Crippen LogP contribution < -0.4 is 0 Å². The van der Waals surface area contributed by atoms with E-state index in [1.54, 1.807) is 0 Å². The van der Waals surface area contributed by atoms with Crippen LogP contribution >= 0.6 is 0 Å². The van der Waals surface area contributed by atoms with Crippen molar-refractivity contribution in [3.05, 3.63) is 107 Å². The van der Waals surface area contributed by atoms with Crippen molar-refractivity contribution < 1.29 is 0 Å². The highest BCUT2D eigenvalue weighted by Crippen LogP contribution is 2.57. The first kappa shape index (κ1) is 18.2. The van der Waals surface area contributed by atoms with Gasteiger partial charge in [-0.2, -0.15) is 0 Å². The van der Waals surface area contributed by atoms with Crippen LogP contribution in [-0.4, -0.2) is 0 Å². The molecular weight excluding hydrogens is 384 g/mol. The van der Waals surface area contributed by atoms with Crippen molar-refractivity contribution >= 4 is 21.5 Å². The van der Waals surface area contributed by atoms with Gasteiger partial charge in [0.25, 0.3) is 0 Å². The largest absolute Gasteiger partial charge is 0.0619 e. The molecule has 0 saturated heterocycles. The molecular formula is C32H26. The second kappa shape index (κ2) is 5.70. The van der Waals surface area contributed by atoms with Gasteiger partial charge in [-0.15, -0.1) is 0 Å². The second-order valence-electron chi connectivity index (χ2n) is 10.6. The smallest absolute Gasteiger partial charge is 0.0159 e. The van der Waals surface area contributed by atoms with Crippen molar-refractivity contribution in [1.29, 1.82) is 0 Å². The molecule has 0 aromatic heterocycles. The second-order valence-corrected chi connectivity index (χ2v) is 10.6. The molecule has 0 aliphatic heterocycles. The van der Waals surface area contributed by atoms with Crippen LogP contribution in [0, 0.1) is 0 Å². The number of hydrogen-bond acceptors (Lipinski definition) is 0. The Morgan fingerprint density at radius 1 is 0.438 bits per heavy atom. The van der Waals surface area contributed by atoms with Gasteiger partial charge in [0.2, 0.25) is 0 Å². The van der Waals surface area contributed by atoms with E-state index in [1.807, 2.05) is 0 Å². The van der Waals surface area contributed by atoms with E-state index < -0.39 is 0 Å². The minimum absolute atomic E-state index is 0.0127. The monoisotopic (exact) mass is 410 g/mol. The lowest BCUT2D eigenvalue weighted by molar-refractivity contribution is 0.652. The lowest BCUT2D eigenvalue weighted by atomic mass is 9.79. The number of rotatable bonds is 0. The summed E-state index contributed by atoms with van der Waals surface area (Å²) in [5.74, 6) is 0. The van der Waals surface area contributed by atoms with E-state index in [4.69, 9.17) is 0 Å². The van der Waals surface area contributed by atoms with Gasteiger partial charge in [0, 0.05) is 10.8 Å². The maximum absolute atomic E-state index is 2.52. The lowest BCUT2D eigenvalue weighted by Gasteiger charge is -2.24. The molecule has 0 heterocycles. The van der Waals surface area contributed by atoms with Gasteiger partial charge in [0.1, 0.15) is 0 Å². The number of benzene rings is 5. The highest BCUT2D eigenvalue weighted by Gasteiger charge is 2.41. The summed E-state index contributed by atoms with van der Waals surface area (Å²) in [5, 5.41) is 5.33. The molecule has 154 valence electrons. The molecule has 0 unspecified atom stereocenters. The van der Waals surface area contributed by atoms with Crippen molar-refractivity contribution in [2.24, 2.45) is 0 Å². The molecule has 0 fully saturated rings. The van der Waals surface area contributed by atoms with Crippen molar-refractivity contribution in [2.75, 3.05) is 0 Å². The van der Waals surface area contributed by atoms with Gasteiger partial charge < -0.3 is 0 Å². The van der Waals surface area contributed by atoms with E-state index >= 15 is 0 Å². The van der Waals surface area contributed by atoms with Crippen molar-refractivity contribution in [3.8, 4) is 22.3 Å². The van der Waals surface area contributed by atoms with E-state index in [9.17, 15) is 0 Å². The van der Waals surface area contributed by atoms with Gasteiger partial charge in [0.15, 0.2) is 0 Å². The fourth-order valence-electron chi connectivity index (χ4n) is 6.44. The van der Waals surface area contributed by atoms with Gasteiger partial charge in [-0.3, -0.25) is 0 Å². The van der Waals surface area contributed by atoms with E-state index in [1.165, 1.54) is 66.1 Å². The standard InChI is InChI=1S/C32H26/c1-31(2)26-12-8-7-11-22(26)24-17-29-25(18-28(24)31)30-23-16-20-10-6-5-9-19(20)15-21(23)13-14-27(30)32(29,3)4/h5-18H,1-4H3. The highest BCUT2D eigenvalue weighted by atomic mass is 14.4. The molecule has 32 heavy (non-hydrogen) atoms. The van der Waals surface area contributed by atoms with Crippen LogP contribution in [0.2, 0.25) is 0 Å². The average Bonchev–Trinajstić information content (AvgIpc) is 3.16. The van der Waals surface area contributed by atoms with Gasteiger partial charge in [-0.25, -0.2) is 0 Å². The molecule has 5 aromatic carbocycles. The summed E-state index contributed by atoms with van der Waals surface area (Å²) in [6, 6.07) is 32.1. The third kappa shape index (κ3) is 2.08. The zero-order valence-electron chi connectivity index (χ0n) is 19.1. The van der Waals surface area contributed by atoms with Crippen LogP contribution in [0.1, 0.15) is 49.9 Å². The molecule has 0 radical (unpaired) electrons. The summed E-state index contributed by atoms with van der Waals surface area (Å²) >= 11 is 0. The molecule has 7 rings (SSSR count). The van der Waals surface area contributed by atoms with E-state index in [0.717, 1.165) is 0 Å². The zero-order chi connectivity index (χ0) is 21.8. The predicted octanol–water partition coefficient (Wildman–Crippen LogP) is 8.61. The van der Waals surface area contributed by atoms with E-state index in [2.05, 4.69) is 113 Å². The minimum Gasteiger partial charge on any atom is -0.0619 e. The number of fused-ring (bicyclic) bond motifs is 9. The topological polar surface area (TPSA) is 0 Å². The third-order valence-electron chi connectivity index (χ3n) is 8.22. The van der Waals surface area contributed by atoms with Crippen molar-refractivity contribution in [3.63, 3.8) is 0 Å². The quantitative estimate of drug-likeness (QED) is 0.224. The molecule has 2 aliphatic rings. The molecule has 0 N–H and O–H groups in total. The van der Waals surface area contributed by atoms with Crippen LogP contribution in [0.5, 0.6) is 0 Å². The van der Waals surface area contributed by atoms with Gasteiger partial charge in [-0.05, 0) is 90.3 Å². The predicted molar refractivity (Wildman–Crippen MR) is 137 cm³/mol. The Morgan fingerprint density at radius 2 is 1.06 bits per heavy atom. The minimum atomic E-state index is -0.0127. The Balaban J connectivity index is 1.60. The maximum Gasteiger partial charge on any atom is 0.0159 e. The highest BCUT2D eigenvalue weighted by molar-refractivity contribution is 6.08. The van der Waals surface area contributed by atoms with Gasteiger partial charge in [-0.1, -0.05) is 88.4 Å². The van der Waals surface area contributed by atoms with Crippen LogP contribution in [0.4, 0.5) is 0 Å². The lowest BCUT2D eigenvalue weighted by Crippen LogP contribution is -2.16. The normalized spacial score (nSPS) is 16.6. The van der Waals surface area contributed by atoms with Crippen LogP contribution in [-0.2, 0) is 10.8 Å². The fourth-order valence-corrected chi connectivity index (χ4v) is 6.44. The van der Waals surface area contributed by atoms with Crippen LogP contribution in [0.3, 0.4) is 0 Å². The van der Waals surface area contributed by atoms with E-state index in [-0.39, 0.29) is 10.8 Å². The van der Waals surface area contributed by atoms with Gasteiger partial charge in [0.05, 0.1) is 0 Å². The Bertz CT molecular complexity index is 1610. The zero-order valence-corrected chi connectivity index (χ0v) is 19.1. The summed E-state index contributed by atoms with van der Waals surface area (Å²) in [4.78, 5) is 0. The molecule has 2 aliphatic carbocycles. The first-order valence-corrected chi connectivity index (χ1v) is 11.6. The fraction of sp³-hybridized carbons (Fsp3) is 0.188. The summed E-state index contributed by atoms with van der Waals surface area (Å²) in [5.41, 5.74) is 11.5. The molecule has 0 saturated carbocycles. The Morgan fingerprint density at radius 3 is 1.88 bits per heavy atom. The molecule has 5 aromatic rings. The first-order valence-electron chi connectivity index (χ1n) is 11.6. The van der Waals surface area contributed by atoms with Crippen molar-refractivity contribution in [2.45, 2.75) is 38.5 Å². The summed E-state index contributed by atoms with van der Waals surface area (Å²) < 4.78 is 0. The van der Waals surface area contributed by atoms with E-state index in [0.29, 0.717) is 0 Å². The average molecular weight is 411 g/mol. The summed E-state index contributed by atoms with van der Waals surface area (Å²) in [6.45, 7) is 9.54. The Kier molecular flexibility index (Phi) is 3.24. The number of hydrogen-bond donors (Lipinski definition) is 0. The Labute approximate surface area is 189 Å². The molecule has 0 bridgehead atoms. The first-order chi connectivity index (χ1) is 15.4. The van der Waals surface area contributed by atoms with Gasteiger partial charge >= 0.3 is 0 Å².